The van der Waals surface area contributed by atoms with Gasteiger partial charge in [-0.2, -0.15) is 0 Å². The lowest BCUT2D eigenvalue weighted by Gasteiger charge is -2.24. The summed E-state index contributed by atoms with van der Waals surface area (Å²) in [6.07, 6.45) is 3.25. The minimum atomic E-state index is -0.279. The van der Waals surface area contributed by atoms with Crippen LogP contribution in [0.15, 0.2) is 53.1 Å². The monoisotopic (exact) mass is 273 g/mol. The van der Waals surface area contributed by atoms with Crippen molar-refractivity contribution in [1.29, 1.82) is 0 Å². The Balaban J connectivity index is 1.99. The molecule has 0 aliphatic rings. The van der Waals surface area contributed by atoms with Crippen molar-refractivity contribution in [2.24, 2.45) is 0 Å². The summed E-state index contributed by atoms with van der Waals surface area (Å²) in [4.78, 5) is 2.23. The number of nitrogens with zero attached hydrogens (tertiary/aromatic N) is 1. The van der Waals surface area contributed by atoms with E-state index >= 15 is 0 Å². The Bertz CT molecular complexity index is 467. The second-order valence-electron chi connectivity index (χ2n) is 5.18. The van der Waals surface area contributed by atoms with E-state index in [0.717, 1.165) is 31.7 Å². The molecule has 2 aromatic rings. The quantitative estimate of drug-likeness (QED) is 0.800. The van der Waals surface area contributed by atoms with E-state index in [4.69, 9.17) is 4.42 Å². The van der Waals surface area contributed by atoms with Gasteiger partial charge in [-0.3, -0.25) is 4.90 Å². The Labute approximate surface area is 120 Å². The van der Waals surface area contributed by atoms with E-state index in [-0.39, 0.29) is 6.10 Å². The van der Waals surface area contributed by atoms with Crippen molar-refractivity contribution >= 4 is 0 Å². The van der Waals surface area contributed by atoms with E-state index < -0.39 is 0 Å². The van der Waals surface area contributed by atoms with E-state index in [1.54, 1.807) is 6.26 Å². The van der Waals surface area contributed by atoms with Crippen LogP contribution in [0.25, 0.3) is 0 Å². The predicted octanol–water partition coefficient (Wildman–Crippen LogP) is 3.44. The topological polar surface area (TPSA) is 36.6 Å². The molecule has 0 aliphatic heterocycles. The number of hydrogen-bond donors (Lipinski definition) is 1. The van der Waals surface area contributed by atoms with Gasteiger partial charge in [0, 0.05) is 13.1 Å². The highest BCUT2D eigenvalue weighted by Crippen LogP contribution is 2.12. The molecule has 0 amide bonds. The number of aliphatic hydroxyl groups excluding tert-OH is 1. The highest BCUT2D eigenvalue weighted by molar-refractivity contribution is 5.14. The number of hydrogen-bond acceptors (Lipinski definition) is 3. The van der Waals surface area contributed by atoms with Gasteiger partial charge in [-0.15, -0.1) is 0 Å². The normalized spacial score (nSPS) is 12.8. The molecule has 108 valence electrons. The van der Waals surface area contributed by atoms with Crippen LogP contribution < -0.4 is 0 Å². The van der Waals surface area contributed by atoms with E-state index in [1.807, 2.05) is 30.3 Å². The summed E-state index contributed by atoms with van der Waals surface area (Å²) in [5, 5.41) is 10.1. The number of aliphatic hydroxyl groups is 1. The minimum absolute atomic E-state index is 0.279. The molecule has 20 heavy (non-hydrogen) atoms. The van der Waals surface area contributed by atoms with Gasteiger partial charge in [0.1, 0.15) is 5.76 Å². The van der Waals surface area contributed by atoms with Crippen molar-refractivity contribution in [3.8, 4) is 0 Å². The lowest BCUT2D eigenvalue weighted by atomic mass is 10.1. The van der Waals surface area contributed by atoms with E-state index in [1.165, 1.54) is 5.56 Å². The van der Waals surface area contributed by atoms with Crippen LogP contribution in [0, 0.1) is 0 Å². The molecule has 1 N–H and O–H groups in total. The fraction of sp³-hybridized carbons (Fsp3) is 0.412. The highest BCUT2D eigenvalue weighted by atomic mass is 16.3. The Kier molecular flexibility index (Phi) is 5.84. The van der Waals surface area contributed by atoms with Gasteiger partial charge in [0.05, 0.1) is 18.9 Å². The van der Waals surface area contributed by atoms with Crippen molar-refractivity contribution in [2.75, 3.05) is 6.54 Å². The fourth-order valence-corrected chi connectivity index (χ4v) is 2.37. The first-order valence-electron chi connectivity index (χ1n) is 7.24. The Morgan fingerprint density at radius 2 is 1.90 bits per heavy atom. The van der Waals surface area contributed by atoms with Crippen molar-refractivity contribution in [2.45, 2.75) is 39.0 Å². The average molecular weight is 273 g/mol. The predicted molar refractivity (Wildman–Crippen MR) is 80.2 cm³/mol. The van der Waals surface area contributed by atoms with Gasteiger partial charge in [0.2, 0.25) is 0 Å². The van der Waals surface area contributed by atoms with Gasteiger partial charge in [-0.25, -0.2) is 0 Å². The molecule has 3 heteroatoms. The largest absolute Gasteiger partial charge is 0.468 e. The fourth-order valence-electron chi connectivity index (χ4n) is 2.37. The molecule has 0 saturated heterocycles. The molecule has 0 fully saturated rings. The van der Waals surface area contributed by atoms with Gasteiger partial charge >= 0.3 is 0 Å². The lowest BCUT2D eigenvalue weighted by Crippen LogP contribution is -2.31. The van der Waals surface area contributed by atoms with Gasteiger partial charge in [0.15, 0.2) is 0 Å². The molecule has 0 spiro atoms. The third-order valence-corrected chi connectivity index (χ3v) is 3.30. The van der Waals surface area contributed by atoms with Crippen LogP contribution in [0.1, 0.15) is 31.1 Å². The van der Waals surface area contributed by atoms with Gasteiger partial charge in [0.25, 0.3) is 0 Å². The summed E-state index contributed by atoms with van der Waals surface area (Å²) in [5.41, 5.74) is 1.25. The van der Waals surface area contributed by atoms with Crippen molar-refractivity contribution in [1.82, 2.24) is 4.90 Å². The number of rotatable bonds is 8. The lowest BCUT2D eigenvalue weighted by molar-refractivity contribution is 0.0932. The summed E-state index contributed by atoms with van der Waals surface area (Å²) < 4.78 is 5.42. The molecule has 1 heterocycles. The molecule has 0 bridgehead atoms. The molecule has 1 atom stereocenters. The molecule has 0 saturated carbocycles. The van der Waals surface area contributed by atoms with Crippen molar-refractivity contribution in [3.05, 3.63) is 60.1 Å². The van der Waals surface area contributed by atoms with E-state index in [0.29, 0.717) is 6.54 Å². The standard InChI is InChI=1S/C17H23NO2/c1-2-7-16(19)13-18(14-17-10-6-11-20-17)12-15-8-4-3-5-9-15/h3-6,8-11,16,19H,2,7,12-14H2,1H3. The maximum atomic E-state index is 10.1. The minimum Gasteiger partial charge on any atom is -0.468 e. The Morgan fingerprint density at radius 1 is 1.10 bits per heavy atom. The summed E-state index contributed by atoms with van der Waals surface area (Å²) in [5.74, 6) is 0.935. The molecule has 1 aromatic carbocycles. The molecule has 1 aromatic heterocycles. The maximum absolute atomic E-state index is 10.1. The van der Waals surface area contributed by atoms with Gasteiger partial charge in [-0.1, -0.05) is 43.7 Å². The van der Waals surface area contributed by atoms with Crippen LogP contribution in [-0.4, -0.2) is 22.7 Å². The first-order chi connectivity index (χ1) is 9.78. The molecular weight excluding hydrogens is 250 g/mol. The van der Waals surface area contributed by atoms with E-state index in [2.05, 4.69) is 24.0 Å². The molecule has 0 aliphatic carbocycles. The summed E-state index contributed by atoms with van der Waals surface area (Å²) in [6, 6.07) is 14.2. The molecular formula is C17H23NO2. The third kappa shape index (κ3) is 4.83. The number of benzene rings is 1. The number of furan rings is 1. The van der Waals surface area contributed by atoms with Crippen LogP contribution in [0.4, 0.5) is 0 Å². The SMILES string of the molecule is CCCC(O)CN(Cc1ccccc1)Cc1ccco1. The van der Waals surface area contributed by atoms with Crippen LogP contribution in [0.3, 0.4) is 0 Å². The zero-order chi connectivity index (χ0) is 14.2. The third-order valence-electron chi connectivity index (χ3n) is 3.30. The van der Waals surface area contributed by atoms with Crippen LogP contribution in [-0.2, 0) is 13.1 Å². The first-order valence-corrected chi connectivity index (χ1v) is 7.24. The molecule has 1 unspecified atom stereocenters. The van der Waals surface area contributed by atoms with Crippen molar-refractivity contribution in [3.63, 3.8) is 0 Å². The smallest absolute Gasteiger partial charge is 0.117 e. The summed E-state index contributed by atoms with van der Waals surface area (Å²) in [6.45, 7) is 4.31. The van der Waals surface area contributed by atoms with Gasteiger partial charge < -0.3 is 9.52 Å². The van der Waals surface area contributed by atoms with E-state index in [9.17, 15) is 5.11 Å². The second kappa shape index (κ2) is 7.88. The summed E-state index contributed by atoms with van der Waals surface area (Å²) in [7, 11) is 0. The first kappa shape index (κ1) is 14.8. The molecule has 0 radical (unpaired) electrons. The Hall–Kier alpha value is -1.58. The second-order valence-corrected chi connectivity index (χ2v) is 5.18. The van der Waals surface area contributed by atoms with Crippen molar-refractivity contribution < 1.29 is 9.52 Å². The average Bonchev–Trinajstić information content (AvgIpc) is 2.93. The maximum Gasteiger partial charge on any atom is 0.117 e. The van der Waals surface area contributed by atoms with Crippen LogP contribution >= 0.6 is 0 Å². The zero-order valence-corrected chi connectivity index (χ0v) is 12.0. The molecule has 2 rings (SSSR count). The van der Waals surface area contributed by atoms with Crippen LogP contribution in [0.2, 0.25) is 0 Å². The zero-order valence-electron chi connectivity index (χ0n) is 12.0. The highest BCUT2D eigenvalue weighted by Gasteiger charge is 2.13. The van der Waals surface area contributed by atoms with Crippen LogP contribution in [0.5, 0.6) is 0 Å². The molecule has 3 nitrogen and oxygen atoms in total. The summed E-state index contributed by atoms with van der Waals surface area (Å²) >= 11 is 0. The van der Waals surface area contributed by atoms with Gasteiger partial charge in [-0.05, 0) is 24.1 Å². The Morgan fingerprint density at radius 3 is 2.55 bits per heavy atom.